The number of rotatable bonds is 4. The average molecular weight is 257 g/mol. The van der Waals surface area contributed by atoms with Gasteiger partial charge >= 0.3 is 0 Å². The standard InChI is InChI=1S/C13H21ClN2O/c1-12(2,13(3,4)17)8-16-10-7-5-6-9(15)11(10)14/h5-7,16-17H,8,15H2,1-4H3. The second kappa shape index (κ2) is 4.75. The van der Waals surface area contributed by atoms with E-state index in [-0.39, 0.29) is 5.41 Å². The molecule has 0 aromatic heterocycles. The van der Waals surface area contributed by atoms with E-state index in [2.05, 4.69) is 5.32 Å². The van der Waals surface area contributed by atoms with Crippen LogP contribution in [-0.4, -0.2) is 17.3 Å². The molecule has 17 heavy (non-hydrogen) atoms. The second-order valence-electron chi connectivity index (χ2n) is 5.51. The van der Waals surface area contributed by atoms with Crippen molar-refractivity contribution in [2.45, 2.75) is 33.3 Å². The van der Waals surface area contributed by atoms with Crippen molar-refractivity contribution in [3.63, 3.8) is 0 Å². The van der Waals surface area contributed by atoms with Gasteiger partial charge in [0.05, 0.1) is 22.0 Å². The number of nitrogens with two attached hydrogens (primary N) is 1. The minimum absolute atomic E-state index is 0.277. The van der Waals surface area contributed by atoms with Crippen molar-refractivity contribution in [3.8, 4) is 0 Å². The number of halogens is 1. The van der Waals surface area contributed by atoms with Crippen LogP contribution in [0.3, 0.4) is 0 Å². The van der Waals surface area contributed by atoms with Gasteiger partial charge in [0.1, 0.15) is 0 Å². The smallest absolute Gasteiger partial charge is 0.0866 e. The summed E-state index contributed by atoms with van der Waals surface area (Å²) >= 11 is 6.09. The van der Waals surface area contributed by atoms with Crippen molar-refractivity contribution in [1.82, 2.24) is 0 Å². The second-order valence-corrected chi connectivity index (χ2v) is 5.88. The third-order valence-electron chi connectivity index (χ3n) is 3.41. The van der Waals surface area contributed by atoms with Crippen LogP contribution in [0.2, 0.25) is 5.02 Å². The van der Waals surface area contributed by atoms with Crippen molar-refractivity contribution >= 4 is 23.0 Å². The molecule has 96 valence electrons. The van der Waals surface area contributed by atoms with Gasteiger partial charge in [0.25, 0.3) is 0 Å². The number of nitrogen functional groups attached to an aromatic ring is 1. The lowest BCUT2D eigenvalue weighted by Gasteiger charge is -2.37. The fourth-order valence-corrected chi connectivity index (χ4v) is 1.41. The van der Waals surface area contributed by atoms with E-state index in [9.17, 15) is 5.11 Å². The molecule has 1 aromatic rings. The van der Waals surface area contributed by atoms with Crippen molar-refractivity contribution in [1.29, 1.82) is 0 Å². The van der Waals surface area contributed by atoms with E-state index in [4.69, 9.17) is 17.3 Å². The molecule has 0 radical (unpaired) electrons. The van der Waals surface area contributed by atoms with E-state index >= 15 is 0 Å². The van der Waals surface area contributed by atoms with Gasteiger partial charge in [-0.25, -0.2) is 0 Å². The molecule has 0 bridgehead atoms. The summed E-state index contributed by atoms with van der Waals surface area (Å²) in [5.74, 6) is 0. The SMILES string of the molecule is CC(C)(O)C(C)(C)CNc1cccc(N)c1Cl. The van der Waals surface area contributed by atoms with E-state index in [0.717, 1.165) is 5.69 Å². The number of hydrogen-bond acceptors (Lipinski definition) is 3. The van der Waals surface area contributed by atoms with Gasteiger partial charge < -0.3 is 16.2 Å². The normalized spacial score (nSPS) is 12.6. The third-order valence-corrected chi connectivity index (χ3v) is 3.83. The van der Waals surface area contributed by atoms with Gasteiger partial charge in [-0.2, -0.15) is 0 Å². The maximum absolute atomic E-state index is 10.0. The molecule has 0 heterocycles. The van der Waals surface area contributed by atoms with Crippen LogP contribution < -0.4 is 11.1 Å². The predicted molar refractivity (Wildman–Crippen MR) is 74.4 cm³/mol. The highest BCUT2D eigenvalue weighted by Gasteiger charge is 2.34. The van der Waals surface area contributed by atoms with Crippen LogP contribution in [0.1, 0.15) is 27.7 Å². The molecular weight excluding hydrogens is 236 g/mol. The summed E-state index contributed by atoms with van der Waals surface area (Å²) in [7, 11) is 0. The molecule has 0 spiro atoms. The van der Waals surface area contributed by atoms with E-state index in [1.807, 2.05) is 26.0 Å². The summed E-state index contributed by atoms with van der Waals surface area (Å²) < 4.78 is 0. The lowest BCUT2D eigenvalue weighted by atomic mass is 9.77. The van der Waals surface area contributed by atoms with Gasteiger partial charge in [0.15, 0.2) is 0 Å². The Morgan fingerprint density at radius 1 is 1.29 bits per heavy atom. The Balaban J connectivity index is 2.78. The fraction of sp³-hybridized carbons (Fsp3) is 0.538. The van der Waals surface area contributed by atoms with E-state index in [1.165, 1.54) is 0 Å². The van der Waals surface area contributed by atoms with Crippen molar-refractivity contribution in [3.05, 3.63) is 23.2 Å². The molecule has 1 rings (SSSR count). The van der Waals surface area contributed by atoms with Gasteiger partial charge in [-0.3, -0.25) is 0 Å². The molecule has 0 aliphatic carbocycles. The van der Waals surface area contributed by atoms with Crippen LogP contribution in [0.5, 0.6) is 0 Å². The van der Waals surface area contributed by atoms with Gasteiger partial charge in [0.2, 0.25) is 0 Å². The zero-order valence-corrected chi connectivity index (χ0v) is 11.6. The number of nitrogens with one attached hydrogen (secondary N) is 1. The maximum Gasteiger partial charge on any atom is 0.0866 e. The average Bonchev–Trinajstić information content (AvgIpc) is 2.18. The first-order chi connectivity index (χ1) is 7.65. The van der Waals surface area contributed by atoms with Crippen LogP contribution in [-0.2, 0) is 0 Å². The molecule has 0 saturated carbocycles. The number of aliphatic hydroxyl groups is 1. The first kappa shape index (κ1) is 14.1. The topological polar surface area (TPSA) is 58.3 Å². The predicted octanol–water partition coefficient (Wildman–Crippen LogP) is 3.13. The first-order valence-electron chi connectivity index (χ1n) is 5.65. The van der Waals surface area contributed by atoms with Crippen LogP contribution in [0.4, 0.5) is 11.4 Å². The summed E-state index contributed by atoms with van der Waals surface area (Å²) in [5, 5.41) is 13.8. The van der Waals surface area contributed by atoms with Crippen LogP contribution in [0.25, 0.3) is 0 Å². The van der Waals surface area contributed by atoms with Crippen molar-refractivity contribution < 1.29 is 5.11 Å². The maximum atomic E-state index is 10.0. The molecule has 0 fully saturated rings. The van der Waals surface area contributed by atoms with Crippen LogP contribution >= 0.6 is 11.6 Å². The molecule has 0 aliphatic rings. The zero-order chi connectivity index (χ0) is 13.3. The van der Waals surface area contributed by atoms with Gasteiger partial charge in [-0.05, 0) is 26.0 Å². The van der Waals surface area contributed by atoms with Crippen LogP contribution in [0, 0.1) is 5.41 Å². The Bertz CT molecular complexity index is 397. The molecule has 0 amide bonds. The molecule has 1 aromatic carbocycles. The zero-order valence-electron chi connectivity index (χ0n) is 10.8. The molecule has 0 unspecified atom stereocenters. The molecular formula is C13H21ClN2O. The van der Waals surface area contributed by atoms with E-state index < -0.39 is 5.60 Å². The van der Waals surface area contributed by atoms with Crippen LogP contribution in [0.15, 0.2) is 18.2 Å². The highest BCUT2D eigenvalue weighted by Crippen LogP contribution is 2.33. The molecule has 0 saturated heterocycles. The number of anilines is 2. The largest absolute Gasteiger partial charge is 0.397 e. The first-order valence-corrected chi connectivity index (χ1v) is 6.03. The lowest BCUT2D eigenvalue weighted by molar-refractivity contribution is -0.0270. The lowest BCUT2D eigenvalue weighted by Crippen LogP contribution is -2.43. The van der Waals surface area contributed by atoms with Gasteiger partial charge in [-0.15, -0.1) is 0 Å². The summed E-state index contributed by atoms with van der Waals surface area (Å²) in [5.41, 5.74) is 6.03. The number of benzene rings is 1. The molecule has 0 aliphatic heterocycles. The fourth-order valence-electron chi connectivity index (χ4n) is 1.22. The summed E-state index contributed by atoms with van der Waals surface area (Å²) in [4.78, 5) is 0. The molecule has 4 heteroatoms. The highest BCUT2D eigenvalue weighted by atomic mass is 35.5. The Hall–Kier alpha value is -0.930. The molecule has 4 N–H and O–H groups in total. The van der Waals surface area contributed by atoms with Gasteiger partial charge in [-0.1, -0.05) is 31.5 Å². The van der Waals surface area contributed by atoms with Crippen molar-refractivity contribution in [2.24, 2.45) is 5.41 Å². The van der Waals surface area contributed by atoms with Crippen molar-refractivity contribution in [2.75, 3.05) is 17.6 Å². The third kappa shape index (κ3) is 3.27. The Morgan fingerprint density at radius 3 is 2.41 bits per heavy atom. The Labute approximate surface area is 108 Å². The summed E-state index contributed by atoms with van der Waals surface area (Å²) in [6, 6.07) is 5.48. The minimum Gasteiger partial charge on any atom is -0.397 e. The molecule has 0 atom stereocenters. The number of hydrogen-bond donors (Lipinski definition) is 3. The Morgan fingerprint density at radius 2 is 1.88 bits per heavy atom. The molecule has 3 nitrogen and oxygen atoms in total. The monoisotopic (exact) mass is 256 g/mol. The quantitative estimate of drug-likeness (QED) is 0.726. The van der Waals surface area contributed by atoms with E-state index in [1.54, 1.807) is 19.9 Å². The summed E-state index contributed by atoms with van der Waals surface area (Å²) in [6.07, 6.45) is 0. The van der Waals surface area contributed by atoms with E-state index in [0.29, 0.717) is 17.3 Å². The van der Waals surface area contributed by atoms with Gasteiger partial charge in [0, 0.05) is 12.0 Å². The Kier molecular flexibility index (Phi) is 3.95. The minimum atomic E-state index is -0.771. The summed E-state index contributed by atoms with van der Waals surface area (Å²) in [6.45, 7) is 8.21. The highest BCUT2D eigenvalue weighted by molar-refractivity contribution is 6.35.